The molecule has 0 aromatic carbocycles. The van der Waals surface area contributed by atoms with Gasteiger partial charge < -0.3 is 14.2 Å². The van der Waals surface area contributed by atoms with E-state index in [1.165, 1.54) is 0 Å². The molecule has 0 aliphatic heterocycles. The van der Waals surface area contributed by atoms with E-state index in [9.17, 15) is 14.4 Å². The Morgan fingerprint density at radius 1 is 0.514 bits per heavy atom. The van der Waals surface area contributed by atoms with Crippen molar-refractivity contribution in [3.8, 4) is 0 Å². The zero-order valence-corrected chi connectivity index (χ0v) is 24.1. The molecule has 0 saturated carbocycles. The van der Waals surface area contributed by atoms with Gasteiger partial charge in [0.15, 0.2) is 0 Å². The first-order chi connectivity index (χ1) is 17.0. The average Bonchev–Trinajstić information content (AvgIpc) is 2.86. The van der Waals surface area contributed by atoms with E-state index in [0.29, 0.717) is 32.1 Å². The van der Waals surface area contributed by atoms with Crippen LogP contribution in [0.15, 0.2) is 0 Å². The Morgan fingerprint density at radius 3 is 1.00 bits per heavy atom. The molecule has 0 N–H and O–H groups in total. The van der Waals surface area contributed by atoms with Crippen LogP contribution in [0.25, 0.3) is 0 Å². The Kier molecular flexibility index (Phi) is 14.8. The summed E-state index contributed by atoms with van der Waals surface area (Å²) >= 11 is 0. The number of hydrogen-bond donors (Lipinski definition) is 0. The van der Waals surface area contributed by atoms with Gasteiger partial charge in [0, 0.05) is 0 Å². The monoisotopic (exact) mass is 538 g/mol. The number of carbonyl (C=O) groups is 3. The molecule has 0 bridgehead atoms. The molecular weight excluding hydrogens is 492 g/mol. The Morgan fingerprint density at radius 2 is 0.784 bits per heavy atom. The van der Waals surface area contributed by atoms with Gasteiger partial charge in [0.25, 0.3) is 0 Å². The van der Waals surface area contributed by atoms with Crippen molar-refractivity contribution < 1.29 is 57.9 Å². The zero-order chi connectivity index (χ0) is 28.8. The second kappa shape index (κ2) is 15.8. The van der Waals surface area contributed by atoms with Gasteiger partial charge in [-0.2, -0.15) is 14.7 Å². The van der Waals surface area contributed by atoms with Crippen LogP contribution in [-0.2, 0) is 43.5 Å². The summed E-state index contributed by atoms with van der Waals surface area (Å²) in [4.78, 5) is 65.9. The lowest BCUT2D eigenvalue weighted by Gasteiger charge is -2.31. The van der Waals surface area contributed by atoms with Gasteiger partial charge in [-0.15, -0.1) is 0 Å². The van der Waals surface area contributed by atoms with Crippen LogP contribution in [0.4, 0.5) is 14.4 Å². The fourth-order valence-electron chi connectivity index (χ4n) is 2.20. The molecule has 0 unspecified atom stereocenters. The first-order valence-electron chi connectivity index (χ1n) is 12.6. The lowest BCUT2D eigenvalue weighted by atomic mass is 9.86. The highest BCUT2D eigenvalue weighted by molar-refractivity contribution is 5.60. The molecule has 0 heterocycles. The van der Waals surface area contributed by atoms with E-state index in [-0.39, 0.29) is 19.8 Å². The minimum absolute atomic E-state index is 0.324. The van der Waals surface area contributed by atoms with Crippen LogP contribution in [0.3, 0.4) is 0 Å². The Balaban J connectivity index is 5.35. The summed E-state index contributed by atoms with van der Waals surface area (Å²) in [6, 6.07) is 0. The molecule has 0 aromatic rings. The minimum Gasteiger partial charge on any atom is -0.431 e. The van der Waals surface area contributed by atoms with Crippen LogP contribution < -0.4 is 0 Å². The molecule has 0 aromatic heterocycles. The summed E-state index contributed by atoms with van der Waals surface area (Å²) < 4.78 is 15.6. The predicted molar refractivity (Wildman–Crippen MR) is 131 cm³/mol. The van der Waals surface area contributed by atoms with E-state index in [4.69, 9.17) is 43.5 Å². The van der Waals surface area contributed by atoms with Crippen molar-refractivity contribution in [3.63, 3.8) is 0 Å². The minimum atomic E-state index is -1.16. The maximum absolute atomic E-state index is 12.2. The van der Waals surface area contributed by atoms with Crippen LogP contribution in [0.5, 0.6) is 0 Å². The highest BCUT2D eigenvalue weighted by Crippen LogP contribution is 2.28. The van der Waals surface area contributed by atoms with E-state index in [2.05, 4.69) is 0 Å². The molecule has 0 atom stereocenters. The third kappa shape index (κ3) is 15.5. The van der Waals surface area contributed by atoms with Crippen LogP contribution >= 0.6 is 0 Å². The molecular formula is C25H46O12. The average molecular weight is 539 g/mol. The van der Waals surface area contributed by atoms with Crippen molar-refractivity contribution in [2.45, 2.75) is 118 Å². The van der Waals surface area contributed by atoms with Gasteiger partial charge in [-0.25, -0.2) is 14.4 Å². The van der Waals surface area contributed by atoms with Gasteiger partial charge in [0.1, 0.15) is 36.6 Å². The highest BCUT2D eigenvalue weighted by atomic mass is 17.2. The van der Waals surface area contributed by atoms with E-state index >= 15 is 0 Å². The fourth-order valence-corrected chi connectivity index (χ4v) is 2.20. The molecule has 0 saturated heterocycles. The maximum atomic E-state index is 12.2. The lowest BCUT2D eigenvalue weighted by Crippen LogP contribution is -2.40. The molecule has 0 spiro atoms. The number of rotatable bonds is 17. The quantitative estimate of drug-likeness (QED) is 0.0855. The number of hydrogen-bond acceptors (Lipinski definition) is 12. The zero-order valence-electron chi connectivity index (χ0n) is 24.1. The van der Waals surface area contributed by atoms with Crippen LogP contribution in [0, 0.1) is 5.41 Å². The maximum Gasteiger partial charge on any atom is 0.540 e. The summed E-state index contributed by atoms with van der Waals surface area (Å²) in [7, 11) is 0. The van der Waals surface area contributed by atoms with E-state index < -0.39 is 40.7 Å². The largest absolute Gasteiger partial charge is 0.540 e. The van der Waals surface area contributed by atoms with Gasteiger partial charge in [-0.05, 0) is 67.2 Å². The molecule has 0 radical (unpaired) electrons. The molecule has 0 aliphatic rings. The van der Waals surface area contributed by atoms with Crippen molar-refractivity contribution in [1.82, 2.24) is 0 Å². The highest BCUT2D eigenvalue weighted by Gasteiger charge is 2.37. The van der Waals surface area contributed by atoms with Gasteiger partial charge >= 0.3 is 18.5 Å². The molecule has 37 heavy (non-hydrogen) atoms. The van der Waals surface area contributed by atoms with Gasteiger partial charge in [0.05, 0.1) is 5.41 Å². The van der Waals surface area contributed by atoms with Crippen molar-refractivity contribution in [1.29, 1.82) is 0 Å². The van der Waals surface area contributed by atoms with E-state index in [1.807, 2.05) is 27.7 Å². The second-order valence-corrected chi connectivity index (χ2v) is 10.7. The smallest absolute Gasteiger partial charge is 0.431 e. The van der Waals surface area contributed by atoms with E-state index in [1.54, 1.807) is 41.5 Å². The molecule has 0 amide bonds. The summed E-state index contributed by atoms with van der Waals surface area (Å²) in [5, 5.41) is 0. The van der Waals surface area contributed by atoms with Crippen LogP contribution in [0.1, 0.15) is 101 Å². The Hall–Kier alpha value is -2.31. The third-order valence-corrected chi connectivity index (χ3v) is 5.83. The Bertz CT molecular complexity index is 613. The summed E-state index contributed by atoms with van der Waals surface area (Å²) in [5.41, 5.74) is -3.29. The molecule has 0 rings (SSSR count). The molecule has 218 valence electrons. The van der Waals surface area contributed by atoms with Crippen LogP contribution in [-0.4, -0.2) is 55.1 Å². The topological polar surface area (TPSA) is 134 Å². The molecule has 12 heteroatoms. The lowest BCUT2D eigenvalue weighted by molar-refractivity contribution is -0.323. The number of ether oxygens (including phenoxy) is 3. The molecule has 0 aliphatic carbocycles. The normalized spacial score (nSPS) is 12.5. The SMILES string of the molecule is CCCC(COC(=O)OOC(C)(C)CC)(COC(=O)OOC(C)(C)CC)COC(=O)OOC(C)(C)CC. The van der Waals surface area contributed by atoms with E-state index in [0.717, 1.165) is 0 Å². The molecule has 12 nitrogen and oxygen atoms in total. The third-order valence-electron chi connectivity index (χ3n) is 5.83. The standard InChI is InChI=1S/C25H46O12/c1-11-15-25(16-29-19(26)32-35-22(5,6)12-2,17-30-20(27)33-36-23(7,8)13-3)18-31-21(28)34-37-24(9,10)14-4/h11-18H2,1-10H3. The van der Waals surface area contributed by atoms with Crippen molar-refractivity contribution in [2.75, 3.05) is 19.8 Å². The number of carbonyl (C=O) groups excluding carboxylic acids is 3. The van der Waals surface area contributed by atoms with Gasteiger partial charge in [-0.1, -0.05) is 34.1 Å². The van der Waals surface area contributed by atoms with Gasteiger partial charge in [0.2, 0.25) is 0 Å². The summed E-state index contributed by atoms with van der Waals surface area (Å²) in [5.74, 6) is 0. The summed E-state index contributed by atoms with van der Waals surface area (Å²) in [6.45, 7) is 16.9. The first kappa shape index (κ1) is 34.7. The second-order valence-electron chi connectivity index (χ2n) is 10.7. The first-order valence-corrected chi connectivity index (χ1v) is 12.6. The van der Waals surface area contributed by atoms with Crippen LogP contribution in [0.2, 0.25) is 0 Å². The predicted octanol–water partition coefficient (Wildman–Crippen LogP) is 6.59. The summed E-state index contributed by atoms with van der Waals surface area (Å²) in [6.07, 6.45) is -0.674. The van der Waals surface area contributed by atoms with Crippen molar-refractivity contribution in [3.05, 3.63) is 0 Å². The van der Waals surface area contributed by atoms with Crippen molar-refractivity contribution >= 4 is 18.5 Å². The Labute approximate surface area is 220 Å². The van der Waals surface area contributed by atoms with Crippen molar-refractivity contribution in [2.24, 2.45) is 5.41 Å². The van der Waals surface area contributed by atoms with Gasteiger partial charge in [-0.3, -0.25) is 14.7 Å². The molecule has 0 fully saturated rings. The fraction of sp³-hybridized carbons (Fsp3) is 0.880.